The predicted molar refractivity (Wildman–Crippen MR) is 117 cm³/mol. The Morgan fingerprint density at radius 2 is 1.85 bits per heavy atom. The molecular weight excluding hydrogens is 437 g/mol. The molecule has 2 aromatic carbocycles. The zero-order valence-corrected chi connectivity index (χ0v) is 18.5. The largest absolute Gasteiger partial charge is 0.497 e. The van der Waals surface area contributed by atoms with E-state index in [1.807, 2.05) is 24.3 Å². The molecule has 180 valence electrons. The van der Waals surface area contributed by atoms with Crippen LogP contribution in [0.1, 0.15) is 16.7 Å². The van der Waals surface area contributed by atoms with Gasteiger partial charge in [-0.15, -0.1) is 0 Å². The Hall–Kier alpha value is -2.78. The molecule has 0 saturated carbocycles. The number of nitrogens with one attached hydrogen (secondary N) is 1. The van der Waals surface area contributed by atoms with Gasteiger partial charge in [0, 0.05) is 38.6 Å². The Kier molecular flexibility index (Phi) is 8.57. The summed E-state index contributed by atoms with van der Waals surface area (Å²) in [6.45, 7) is 1.37. The minimum atomic E-state index is -4.38. The number of morpholine rings is 1. The zero-order chi connectivity index (χ0) is 23.8. The Labute approximate surface area is 191 Å². The van der Waals surface area contributed by atoms with Crippen LogP contribution in [-0.2, 0) is 23.8 Å². The van der Waals surface area contributed by atoms with E-state index in [4.69, 9.17) is 9.47 Å². The number of rotatable bonds is 8. The molecule has 1 saturated heterocycles. The van der Waals surface area contributed by atoms with Gasteiger partial charge in [-0.25, -0.2) is 4.79 Å². The minimum Gasteiger partial charge on any atom is -0.497 e. The van der Waals surface area contributed by atoms with Crippen LogP contribution < -0.4 is 10.1 Å². The van der Waals surface area contributed by atoms with E-state index >= 15 is 0 Å². The topological polar surface area (TPSA) is 71.0 Å². The Morgan fingerprint density at radius 1 is 1.18 bits per heavy atom. The normalized spacial score (nSPS) is 17.5. The molecule has 0 spiro atoms. The summed E-state index contributed by atoms with van der Waals surface area (Å²) in [6, 6.07) is 12.3. The second kappa shape index (κ2) is 11.4. The Balaban J connectivity index is 1.47. The van der Waals surface area contributed by atoms with E-state index in [2.05, 4.69) is 5.32 Å². The number of halogens is 3. The maximum Gasteiger partial charge on any atom is 0.416 e. The van der Waals surface area contributed by atoms with Crippen LogP contribution in [0.3, 0.4) is 0 Å². The molecule has 6 nitrogen and oxygen atoms in total. The summed E-state index contributed by atoms with van der Waals surface area (Å²) in [7, 11) is 1.61. The number of carbonyl (C=O) groups is 1. The van der Waals surface area contributed by atoms with E-state index in [-0.39, 0.29) is 31.2 Å². The average molecular weight is 467 g/mol. The molecule has 0 radical (unpaired) electrons. The molecule has 0 bridgehead atoms. The van der Waals surface area contributed by atoms with Crippen LogP contribution in [0.2, 0.25) is 0 Å². The molecule has 1 aliphatic heterocycles. The quantitative estimate of drug-likeness (QED) is 0.625. The first-order valence-electron chi connectivity index (χ1n) is 10.8. The molecule has 0 aromatic heterocycles. The van der Waals surface area contributed by atoms with Gasteiger partial charge in [0.25, 0.3) is 0 Å². The van der Waals surface area contributed by atoms with Crippen LogP contribution in [0, 0.1) is 5.92 Å². The number of ether oxygens (including phenoxy) is 2. The molecule has 1 aliphatic rings. The fourth-order valence-corrected chi connectivity index (χ4v) is 3.76. The number of hydrogen-bond donors (Lipinski definition) is 2. The van der Waals surface area contributed by atoms with Crippen molar-refractivity contribution in [1.82, 2.24) is 10.2 Å². The highest BCUT2D eigenvalue weighted by Gasteiger charge is 2.30. The molecule has 2 amide bonds. The number of aliphatic hydroxyl groups is 1. The Morgan fingerprint density at radius 3 is 2.45 bits per heavy atom. The third-order valence-corrected chi connectivity index (χ3v) is 5.65. The fourth-order valence-electron chi connectivity index (χ4n) is 3.76. The molecule has 33 heavy (non-hydrogen) atoms. The van der Waals surface area contributed by atoms with E-state index in [1.165, 1.54) is 12.1 Å². The molecule has 0 unspecified atom stereocenters. The van der Waals surface area contributed by atoms with Gasteiger partial charge < -0.3 is 24.8 Å². The molecule has 2 atom stereocenters. The standard InChI is InChI=1S/C24H29F3N2O4/c1-32-21-8-4-18(5-9-21)13-22-15-29(10-11-33-22)23(31)28-14-19(16-30)12-17-2-6-20(7-3-17)24(25,26)27/h2-9,19,22,30H,10-16H2,1H3,(H,28,31)/t19-,22+/m1/s1. The highest BCUT2D eigenvalue weighted by atomic mass is 19.4. The van der Waals surface area contributed by atoms with Crippen LogP contribution in [0.25, 0.3) is 0 Å². The number of methoxy groups -OCH3 is 1. The van der Waals surface area contributed by atoms with Gasteiger partial charge in [-0.2, -0.15) is 13.2 Å². The van der Waals surface area contributed by atoms with E-state index in [9.17, 15) is 23.1 Å². The van der Waals surface area contributed by atoms with Gasteiger partial charge in [-0.05, 0) is 41.8 Å². The van der Waals surface area contributed by atoms with Gasteiger partial charge in [-0.3, -0.25) is 0 Å². The van der Waals surface area contributed by atoms with Crippen LogP contribution in [0.15, 0.2) is 48.5 Å². The lowest BCUT2D eigenvalue weighted by Gasteiger charge is -2.33. The smallest absolute Gasteiger partial charge is 0.416 e. The van der Waals surface area contributed by atoms with E-state index < -0.39 is 11.7 Å². The second-order valence-corrected chi connectivity index (χ2v) is 8.12. The van der Waals surface area contributed by atoms with Gasteiger partial charge in [0.1, 0.15) is 5.75 Å². The van der Waals surface area contributed by atoms with E-state index in [0.717, 1.165) is 23.4 Å². The summed E-state index contributed by atoms with van der Waals surface area (Å²) in [5.41, 5.74) is 1.04. The summed E-state index contributed by atoms with van der Waals surface area (Å²) < 4.78 is 49.1. The van der Waals surface area contributed by atoms with Crippen molar-refractivity contribution >= 4 is 6.03 Å². The zero-order valence-electron chi connectivity index (χ0n) is 18.5. The van der Waals surface area contributed by atoms with Crippen molar-refractivity contribution in [1.29, 1.82) is 0 Å². The summed E-state index contributed by atoms with van der Waals surface area (Å²) in [5.74, 6) is 0.473. The molecule has 0 aliphatic carbocycles. The van der Waals surface area contributed by atoms with E-state index in [1.54, 1.807) is 12.0 Å². The summed E-state index contributed by atoms with van der Waals surface area (Å²) in [4.78, 5) is 14.3. The lowest BCUT2D eigenvalue weighted by molar-refractivity contribution is -0.137. The van der Waals surface area contributed by atoms with Crippen molar-refractivity contribution in [3.63, 3.8) is 0 Å². The van der Waals surface area contributed by atoms with Crippen molar-refractivity contribution in [3.8, 4) is 5.75 Å². The molecule has 2 aromatic rings. The number of aliphatic hydroxyl groups excluding tert-OH is 1. The number of amides is 2. The van der Waals surface area contributed by atoms with Crippen LogP contribution in [0.4, 0.5) is 18.0 Å². The fraction of sp³-hybridized carbons (Fsp3) is 0.458. The highest BCUT2D eigenvalue weighted by Crippen LogP contribution is 2.29. The van der Waals surface area contributed by atoms with Gasteiger partial charge in [0.2, 0.25) is 0 Å². The van der Waals surface area contributed by atoms with Gasteiger partial charge >= 0.3 is 12.2 Å². The maximum absolute atomic E-state index is 12.7. The van der Waals surface area contributed by atoms with Crippen molar-refractivity contribution in [2.24, 2.45) is 5.92 Å². The van der Waals surface area contributed by atoms with Crippen molar-refractivity contribution < 1.29 is 32.5 Å². The number of carbonyl (C=O) groups excluding carboxylic acids is 1. The van der Waals surface area contributed by atoms with Gasteiger partial charge in [-0.1, -0.05) is 24.3 Å². The molecule has 3 rings (SSSR count). The molecule has 1 fully saturated rings. The molecule has 1 heterocycles. The number of alkyl halides is 3. The average Bonchev–Trinajstić information content (AvgIpc) is 2.82. The number of benzene rings is 2. The first-order valence-corrected chi connectivity index (χ1v) is 10.8. The minimum absolute atomic E-state index is 0.126. The van der Waals surface area contributed by atoms with Gasteiger partial charge in [0.15, 0.2) is 0 Å². The van der Waals surface area contributed by atoms with Crippen molar-refractivity contribution in [2.45, 2.75) is 25.1 Å². The second-order valence-electron chi connectivity index (χ2n) is 8.12. The third kappa shape index (κ3) is 7.36. The van der Waals surface area contributed by atoms with Crippen LogP contribution in [-0.4, -0.2) is 62.1 Å². The number of urea groups is 1. The van der Waals surface area contributed by atoms with E-state index in [0.29, 0.717) is 38.1 Å². The summed E-state index contributed by atoms with van der Waals surface area (Å²) in [6.07, 6.45) is -3.48. The first kappa shape index (κ1) is 24.9. The number of nitrogens with zero attached hydrogens (tertiary/aromatic N) is 1. The SMILES string of the molecule is COc1ccc(C[C@H]2CN(C(=O)NC[C@H](CO)Cc3ccc(C(F)(F)F)cc3)CCO2)cc1. The Bertz CT molecular complexity index is 888. The molecular formula is C24H29F3N2O4. The predicted octanol–water partition coefficient (Wildman–Crippen LogP) is 3.52. The highest BCUT2D eigenvalue weighted by molar-refractivity contribution is 5.74. The van der Waals surface area contributed by atoms with Gasteiger partial charge in [0.05, 0.1) is 25.4 Å². The number of hydrogen-bond acceptors (Lipinski definition) is 4. The summed E-state index contributed by atoms with van der Waals surface area (Å²) in [5, 5.41) is 12.5. The lowest BCUT2D eigenvalue weighted by atomic mass is 9.99. The van der Waals surface area contributed by atoms with Crippen molar-refractivity contribution in [3.05, 3.63) is 65.2 Å². The van der Waals surface area contributed by atoms with Crippen molar-refractivity contribution in [2.75, 3.05) is 40.0 Å². The van der Waals surface area contributed by atoms with Crippen LogP contribution >= 0.6 is 0 Å². The lowest BCUT2D eigenvalue weighted by Crippen LogP contribution is -2.51. The van der Waals surface area contributed by atoms with Crippen LogP contribution in [0.5, 0.6) is 5.75 Å². The molecule has 2 N–H and O–H groups in total. The first-order chi connectivity index (χ1) is 15.8. The maximum atomic E-state index is 12.7. The molecule has 9 heteroatoms. The monoisotopic (exact) mass is 466 g/mol. The summed E-state index contributed by atoms with van der Waals surface area (Å²) >= 11 is 0. The third-order valence-electron chi connectivity index (χ3n) is 5.65.